The Morgan fingerprint density at radius 3 is 1.66 bits per heavy atom. The number of rotatable bonds is 20. The average molecular weight is 441 g/mol. The third-order valence-electron chi connectivity index (χ3n) is 7.01. The summed E-state index contributed by atoms with van der Waals surface area (Å²) >= 11 is 0. The van der Waals surface area contributed by atoms with Crippen molar-refractivity contribution in [2.45, 2.75) is 136 Å². The first-order valence-electron chi connectivity index (χ1n) is 14.1. The van der Waals surface area contributed by atoms with Crippen molar-refractivity contribution < 1.29 is 0 Å². The van der Waals surface area contributed by atoms with Crippen molar-refractivity contribution in [1.29, 1.82) is 0 Å². The van der Waals surface area contributed by atoms with E-state index >= 15 is 0 Å². The predicted molar refractivity (Wildman–Crippen MR) is 141 cm³/mol. The van der Waals surface area contributed by atoms with Crippen LogP contribution in [0.15, 0.2) is 42.7 Å². The largest absolute Gasteiger partial charge is 0.356 e. The Morgan fingerprint density at radius 2 is 1.06 bits per heavy atom. The molecule has 0 fully saturated rings. The number of benzene rings is 1. The number of unbranched alkanes of at least 4 members (excludes halogenated alkanes) is 14. The smallest absolute Gasteiger partial charge is 0.101 e. The van der Waals surface area contributed by atoms with Gasteiger partial charge in [0.1, 0.15) is 6.17 Å². The molecule has 1 aromatic rings. The Labute approximate surface area is 200 Å². The van der Waals surface area contributed by atoms with Crippen molar-refractivity contribution in [3.63, 3.8) is 0 Å². The molecule has 0 bridgehead atoms. The molecule has 0 amide bonds. The van der Waals surface area contributed by atoms with Crippen LogP contribution in [-0.2, 0) is 6.54 Å². The number of nitrogens with zero attached hydrogens (tertiary/aromatic N) is 2. The zero-order valence-corrected chi connectivity index (χ0v) is 21.4. The highest BCUT2D eigenvalue weighted by atomic mass is 15.4. The second-order valence-electron chi connectivity index (χ2n) is 9.91. The van der Waals surface area contributed by atoms with E-state index in [4.69, 9.17) is 0 Å². The zero-order valence-electron chi connectivity index (χ0n) is 21.4. The van der Waals surface area contributed by atoms with E-state index in [0.717, 1.165) is 6.54 Å². The molecule has 0 spiro atoms. The van der Waals surface area contributed by atoms with Gasteiger partial charge in [-0.1, -0.05) is 134 Å². The fraction of sp³-hybridized carbons (Fsp3) is 0.733. The Hall–Kier alpha value is -1.44. The first kappa shape index (κ1) is 26.8. The third-order valence-corrected chi connectivity index (χ3v) is 7.01. The van der Waals surface area contributed by atoms with Crippen LogP contribution in [0.2, 0.25) is 0 Å². The zero-order chi connectivity index (χ0) is 22.7. The van der Waals surface area contributed by atoms with Crippen molar-refractivity contribution >= 4 is 0 Å². The molecular weight excluding hydrogens is 388 g/mol. The van der Waals surface area contributed by atoms with Gasteiger partial charge in [-0.25, -0.2) is 0 Å². The predicted octanol–water partition coefficient (Wildman–Crippen LogP) is 9.27. The highest BCUT2D eigenvalue weighted by Gasteiger charge is 2.25. The molecule has 2 rings (SSSR count). The summed E-state index contributed by atoms with van der Waals surface area (Å²) in [5.74, 6) is 0. The van der Waals surface area contributed by atoms with Crippen LogP contribution in [0.5, 0.6) is 0 Å². The third kappa shape index (κ3) is 11.4. The summed E-state index contributed by atoms with van der Waals surface area (Å²) in [5, 5.41) is 0. The van der Waals surface area contributed by atoms with Gasteiger partial charge in [0.2, 0.25) is 0 Å². The monoisotopic (exact) mass is 440 g/mol. The molecule has 0 aliphatic carbocycles. The van der Waals surface area contributed by atoms with E-state index in [1.807, 2.05) is 0 Å². The lowest BCUT2D eigenvalue weighted by atomic mass is 10.1. The van der Waals surface area contributed by atoms with Gasteiger partial charge in [0.15, 0.2) is 0 Å². The molecule has 1 aliphatic rings. The molecule has 1 unspecified atom stereocenters. The standard InChI is InChI=1S/C30H52N2/c1-3-5-7-9-11-13-15-20-24-30-31(25-21-16-14-12-10-8-6-4-2)26-27-32(30)28-29-22-18-17-19-23-29/h17-19,22-23,26-27,30H,3-16,20-21,24-25,28H2,1-2H3. The van der Waals surface area contributed by atoms with E-state index in [0.29, 0.717) is 6.17 Å². The Bertz CT molecular complexity index is 567. The van der Waals surface area contributed by atoms with Crippen molar-refractivity contribution in [2.75, 3.05) is 6.54 Å². The van der Waals surface area contributed by atoms with Crippen molar-refractivity contribution in [3.8, 4) is 0 Å². The lowest BCUT2D eigenvalue weighted by Crippen LogP contribution is -2.38. The Balaban J connectivity index is 1.71. The quantitative estimate of drug-likeness (QED) is 0.186. The molecular formula is C30H52N2. The molecule has 0 radical (unpaired) electrons. The molecule has 0 saturated carbocycles. The molecule has 1 heterocycles. The van der Waals surface area contributed by atoms with Crippen LogP contribution in [0.1, 0.15) is 129 Å². The molecule has 0 saturated heterocycles. The summed E-state index contributed by atoms with van der Waals surface area (Å²) in [6, 6.07) is 11.0. The molecule has 1 aromatic carbocycles. The maximum Gasteiger partial charge on any atom is 0.101 e. The normalized spacial score (nSPS) is 15.8. The molecule has 2 nitrogen and oxygen atoms in total. The molecule has 0 aromatic heterocycles. The van der Waals surface area contributed by atoms with Crippen molar-refractivity contribution in [1.82, 2.24) is 9.80 Å². The summed E-state index contributed by atoms with van der Waals surface area (Å²) in [7, 11) is 0. The van der Waals surface area contributed by atoms with E-state index in [1.54, 1.807) is 0 Å². The van der Waals surface area contributed by atoms with Gasteiger partial charge in [0.25, 0.3) is 0 Å². The summed E-state index contributed by atoms with van der Waals surface area (Å²) < 4.78 is 0. The summed E-state index contributed by atoms with van der Waals surface area (Å²) in [5.41, 5.74) is 1.42. The maximum atomic E-state index is 2.64. The van der Waals surface area contributed by atoms with Crippen LogP contribution in [-0.4, -0.2) is 22.5 Å². The first-order chi connectivity index (χ1) is 15.8. The van der Waals surface area contributed by atoms with Crippen LogP contribution in [0.4, 0.5) is 0 Å². The van der Waals surface area contributed by atoms with Crippen LogP contribution >= 0.6 is 0 Å². The first-order valence-corrected chi connectivity index (χ1v) is 14.1. The lowest BCUT2D eigenvalue weighted by molar-refractivity contribution is 0.132. The van der Waals surface area contributed by atoms with Crippen LogP contribution < -0.4 is 0 Å². The van der Waals surface area contributed by atoms with Gasteiger partial charge < -0.3 is 9.80 Å². The molecule has 2 heteroatoms. The second-order valence-corrected chi connectivity index (χ2v) is 9.91. The van der Waals surface area contributed by atoms with Gasteiger partial charge >= 0.3 is 0 Å². The van der Waals surface area contributed by atoms with Crippen molar-refractivity contribution in [2.24, 2.45) is 0 Å². The fourth-order valence-electron chi connectivity index (χ4n) is 4.96. The summed E-state index contributed by atoms with van der Waals surface area (Å²) in [6.07, 6.45) is 29.0. The van der Waals surface area contributed by atoms with Gasteiger partial charge in [0.05, 0.1) is 0 Å². The van der Waals surface area contributed by atoms with Gasteiger partial charge in [-0.05, 0) is 24.8 Å². The lowest BCUT2D eigenvalue weighted by Gasteiger charge is -2.33. The van der Waals surface area contributed by atoms with E-state index in [9.17, 15) is 0 Å². The molecule has 0 N–H and O–H groups in total. The van der Waals surface area contributed by atoms with Crippen LogP contribution in [0.25, 0.3) is 0 Å². The van der Waals surface area contributed by atoms with Gasteiger partial charge in [-0.3, -0.25) is 0 Å². The minimum Gasteiger partial charge on any atom is -0.356 e. The van der Waals surface area contributed by atoms with Gasteiger partial charge in [-0.15, -0.1) is 0 Å². The summed E-state index contributed by atoms with van der Waals surface area (Å²) in [6.45, 7) is 6.86. The van der Waals surface area contributed by atoms with Gasteiger partial charge in [-0.2, -0.15) is 0 Å². The van der Waals surface area contributed by atoms with Crippen molar-refractivity contribution in [3.05, 3.63) is 48.3 Å². The number of hydrogen-bond acceptors (Lipinski definition) is 2. The minimum atomic E-state index is 0.555. The van der Waals surface area contributed by atoms with E-state index < -0.39 is 0 Å². The maximum absolute atomic E-state index is 2.64. The highest BCUT2D eigenvalue weighted by Crippen LogP contribution is 2.25. The fourth-order valence-corrected chi connectivity index (χ4v) is 4.96. The van der Waals surface area contributed by atoms with Crippen LogP contribution in [0.3, 0.4) is 0 Å². The Kier molecular flexibility index (Phi) is 15.1. The molecule has 1 aliphatic heterocycles. The van der Waals surface area contributed by atoms with E-state index in [1.165, 1.54) is 121 Å². The van der Waals surface area contributed by atoms with E-state index in [2.05, 4.69) is 66.4 Å². The van der Waals surface area contributed by atoms with E-state index in [-0.39, 0.29) is 0 Å². The average Bonchev–Trinajstić information content (AvgIpc) is 3.19. The SMILES string of the molecule is CCCCCCCCCCC1N(CCCCCCCCCC)C=CN1Cc1ccccc1. The highest BCUT2D eigenvalue weighted by molar-refractivity contribution is 5.15. The minimum absolute atomic E-state index is 0.555. The Morgan fingerprint density at radius 1 is 0.562 bits per heavy atom. The second kappa shape index (κ2) is 18.0. The summed E-state index contributed by atoms with van der Waals surface area (Å²) in [4.78, 5) is 5.22. The molecule has 182 valence electrons. The van der Waals surface area contributed by atoms with Gasteiger partial charge in [0, 0.05) is 25.5 Å². The topological polar surface area (TPSA) is 6.48 Å². The number of hydrogen-bond donors (Lipinski definition) is 0. The molecule has 32 heavy (non-hydrogen) atoms. The molecule has 1 atom stereocenters. The van der Waals surface area contributed by atoms with Crippen LogP contribution in [0, 0.1) is 0 Å².